The van der Waals surface area contributed by atoms with Gasteiger partial charge in [0.05, 0.1) is 16.0 Å². The van der Waals surface area contributed by atoms with Gasteiger partial charge in [0.25, 0.3) is 0 Å². The third-order valence-corrected chi connectivity index (χ3v) is 8.19. The van der Waals surface area contributed by atoms with Crippen LogP contribution in [0.15, 0.2) is 5.38 Å². The van der Waals surface area contributed by atoms with Crippen LogP contribution >= 0.6 is 11.3 Å². The first-order chi connectivity index (χ1) is 10.1. The maximum Gasteiger partial charge on any atom is 0.217 e. The molecule has 1 saturated carbocycles. The minimum Gasteiger partial charge on any atom is -0.293 e. The molecule has 116 valence electrons. The Kier molecular flexibility index (Phi) is 3.37. The SMILES string of the molecule is Cc1nc(CN2CC[C@H]3[C@H]2CCN3S(=O)(=O)C2CC2)cs1. The van der Waals surface area contributed by atoms with Crippen LogP contribution in [-0.4, -0.2) is 53.0 Å². The monoisotopic (exact) mass is 327 g/mol. The van der Waals surface area contributed by atoms with Gasteiger partial charge in [0.1, 0.15) is 0 Å². The van der Waals surface area contributed by atoms with Gasteiger partial charge in [-0.05, 0) is 32.6 Å². The summed E-state index contributed by atoms with van der Waals surface area (Å²) in [6, 6.07) is 0.593. The largest absolute Gasteiger partial charge is 0.293 e. The first kappa shape index (κ1) is 14.1. The zero-order valence-electron chi connectivity index (χ0n) is 12.2. The summed E-state index contributed by atoms with van der Waals surface area (Å²) >= 11 is 1.69. The van der Waals surface area contributed by atoms with Gasteiger partial charge in [0.15, 0.2) is 0 Å². The van der Waals surface area contributed by atoms with Crippen LogP contribution < -0.4 is 0 Å². The molecule has 2 atom stereocenters. The Bertz CT molecular complexity index is 638. The van der Waals surface area contributed by atoms with E-state index in [1.54, 1.807) is 11.3 Å². The molecular weight excluding hydrogens is 306 g/mol. The number of sulfonamides is 1. The quantitative estimate of drug-likeness (QED) is 0.843. The number of likely N-dealkylation sites (tertiary alicyclic amines) is 1. The van der Waals surface area contributed by atoms with Gasteiger partial charge in [-0.15, -0.1) is 11.3 Å². The third kappa shape index (κ3) is 2.44. The molecule has 3 aliphatic rings. The van der Waals surface area contributed by atoms with Gasteiger partial charge >= 0.3 is 0 Å². The number of nitrogens with zero attached hydrogens (tertiary/aromatic N) is 3. The van der Waals surface area contributed by atoms with Gasteiger partial charge in [0.2, 0.25) is 10.0 Å². The summed E-state index contributed by atoms with van der Waals surface area (Å²) < 4.78 is 26.8. The topological polar surface area (TPSA) is 53.5 Å². The summed E-state index contributed by atoms with van der Waals surface area (Å²) in [5.74, 6) is 0. The van der Waals surface area contributed by atoms with Crippen molar-refractivity contribution < 1.29 is 8.42 Å². The Morgan fingerprint density at radius 1 is 1.24 bits per heavy atom. The first-order valence-electron chi connectivity index (χ1n) is 7.71. The lowest BCUT2D eigenvalue weighted by Crippen LogP contribution is -2.41. The lowest BCUT2D eigenvalue weighted by atomic mass is 10.1. The molecule has 1 aromatic rings. The van der Waals surface area contributed by atoms with Crippen LogP contribution in [0.2, 0.25) is 0 Å². The molecule has 0 N–H and O–H groups in total. The number of hydrogen-bond acceptors (Lipinski definition) is 5. The number of rotatable bonds is 4. The molecule has 0 aromatic carbocycles. The predicted octanol–water partition coefficient (Wildman–Crippen LogP) is 1.59. The Hall–Kier alpha value is -0.500. The van der Waals surface area contributed by atoms with E-state index in [0.29, 0.717) is 12.6 Å². The summed E-state index contributed by atoms with van der Waals surface area (Å²) in [5.41, 5.74) is 1.13. The standard InChI is InChI=1S/C14H21N3O2S2/c1-10-15-11(9-20-10)8-16-6-4-14-13(16)5-7-17(14)21(18,19)12-2-3-12/h9,12-14H,2-8H2,1H3/t13-,14+/m1/s1. The molecule has 4 rings (SSSR count). The highest BCUT2D eigenvalue weighted by Gasteiger charge is 2.50. The highest BCUT2D eigenvalue weighted by atomic mass is 32.2. The molecule has 0 unspecified atom stereocenters. The summed E-state index contributed by atoms with van der Waals surface area (Å²) in [5, 5.41) is 3.15. The third-order valence-electron chi connectivity index (χ3n) is 4.94. The molecule has 1 aliphatic carbocycles. The van der Waals surface area contributed by atoms with Crippen molar-refractivity contribution in [2.24, 2.45) is 0 Å². The molecule has 21 heavy (non-hydrogen) atoms. The van der Waals surface area contributed by atoms with E-state index in [1.807, 2.05) is 11.2 Å². The Morgan fingerprint density at radius 2 is 2.00 bits per heavy atom. The maximum absolute atomic E-state index is 12.5. The van der Waals surface area contributed by atoms with Crippen LogP contribution in [0.25, 0.3) is 0 Å². The van der Waals surface area contributed by atoms with Gasteiger partial charge in [-0.3, -0.25) is 4.90 Å². The van der Waals surface area contributed by atoms with E-state index in [4.69, 9.17) is 0 Å². The highest BCUT2D eigenvalue weighted by molar-refractivity contribution is 7.90. The zero-order valence-corrected chi connectivity index (χ0v) is 13.9. The van der Waals surface area contributed by atoms with Gasteiger partial charge in [0, 0.05) is 37.1 Å². The van der Waals surface area contributed by atoms with Crippen molar-refractivity contribution in [2.45, 2.75) is 56.5 Å². The summed E-state index contributed by atoms with van der Waals surface area (Å²) in [4.78, 5) is 6.97. The second-order valence-electron chi connectivity index (χ2n) is 6.40. The van der Waals surface area contributed by atoms with E-state index >= 15 is 0 Å². The molecule has 7 heteroatoms. The molecule has 1 aromatic heterocycles. The Morgan fingerprint density at radius 3 is 2.67 bits per heavy atom. The maximum atomic E-state index is 12.5. The molecular formula is C14H21N3O2S2. The molecule has 2 saturated heterocycles. The van der Waals surface area contributed by atoms with Crippen LogP contribution in [0.1, 0.15) is 36.4 Å². The highest BCUT2D eigenvalue weighted by Crippen LogP contribution is 2.39. The molecule has 0 bridgehead atoms. The van der Waals surface area contributed by atoms with Crippen LogP contribution in [-0.2, 0) is 16.6 Å². The minimum atomic E-state index is -3.02. The Balaban J connectivity index is 1.48. The van der Waals surface area contributed by atoms with E-state index in [2.05, 4.69) is 15.3 Å². The van der Waals surface area contributed by atoms with Crippen LogP contribution in [0.5, 0.6) is 0 Å². The first-order valence-corrected chi connectivity index (χ1v) is 10.1. The molecule has 0 radical (unpaired) electrons. The molecule has 5 nitrogen and oxygen atoms in total. The molecule has 0 spiro atoms. The number of thiazole rings is 1. The van der Waals surface area contributed by atoms with Gasteiger partial charge < -0.3 is 0 Å². The van der Waals surface area contributed by atoms with Crippen LogP contribution in [0, 0.1) is 6.92 Å². The summed E-state index contributed by atoms with van der Waals surface area (Å²) in [6.07, 6.45) is 3.66. The molecule has 2 aliphatic heterocycles. The number of fused-ring (bicyclic) bond motifs is 1. The van der Waals surface area contributed by atoms with E-state index in [-0.39, 0.29) is 11.3 Å². The zero-order chi connectivity index (χ0) is 14.6. The Labute approximate surface area is 130 Å². The van der Waals surface area contributed by atoms with Crippen LogP contribution in [0.4, 0.5) is 0 Å². The average molecular weight is 327 g/mol. The molecule has 3 heterocycles. The van der Waals surface area contributed by atoms with Crippen molar-refractivity contribution in [3.8, 4) is 0 Å². The molecule has 3 fully saturated rings. The summed E-state index contributed by atoms with van der Waals surface area (Å²) in [7, 11) is -3.02. The predicted molar refractivity (Wildman–Crippen MR) is 82.7 cm³/mol. The van der Waals surface area contributed by atoms with Gasteiger partial charge in [-0.1, -0.05) is 0 Å². The second-order valence-corrected chi connectivity index (χ2v) is 9.62. The van der Waals surface area contributed by atoms with Crippen molar-refractivity contribution in [2.75, 3.05) is 13.1 Å². The van der Waals surface area contributed by atoms with Crippen LogP contribution in [0.3, 0.4) is 0 Å². The van der Waals surface area contributed by atoms with E-state index in [0.717, 1.165) is 49.5 Å². The van der Waals surface area contributed by atoms with E-state index < -0.39 is 10.0 Å². The van der Waals surface area contributed by atoms with E-state index in [1.165, 1.54) is 0 Å². The normalized spacial score (nSPS) is 30.9. The fraction of sp³-hybridized carbons (Fsp3) is 0.786. The number of aryl methyl sites for hydroxylation is 1. The van der Waals surface area contributed by atoms with E-state index in [9.17, 15) is 8.42 Å². The van der Waals surface area contributed by atoms with Crippen molar-refractivity contribution in [3.05, 3.63) is 16.1 Å². The smallest absolute Gasteiger partial charge is 0.217 e. The van der Waals surface area contributed by atoms with Crippen molar-refractivity contribution in [1.29, 1.82) is 0 Å². The van der Waals surface area contributed by atoms with Crippen molar-refractivity contribution in [1.82, 2.24) is 14.2 Å². The lowest BCUT2D eigenvalue weighted by Gasteiger charge is -2.24. The van der Waals surface area contributed by atoms with Gasteiger partial charge in [-0.2, -0.15) is 4.31 Å². The minimum absolute atomic E-state index is 0.0773. The van der Waals surface area contributed by atoms with Crippen molar-refractivity contribution >= 4 is 21.4 Å². The fourth-order valence-electron chi connectivity index (χ4n) is 3.79. The fourth-order valence-corrected chi connectivity index (χ4v) is 6.50. The lowest BCUT2D eigenvalue weighted by molar-refractivity contribution is 0.238. The number of hydrogen-bond donors (Lipinski definition) is 0. The summed E-state index contributed by atoms with van der Waals surface area (Å²) in [6.45, 7) is 4.59. The average Bonchev–Trinajstić information content (AvgIpc) is 2.93. The number of aromatic nitrogens is 1. The van der Waals surface area contributed by atoms with Crippen molar-refractivity contribution in [3.63, 3.8) is 0 Å². The second kappa shape index (κ2) is 5.01. The van der Waals surface area contributed by atoms with Gasteiger partial charge in [-0.25, -0.2) is 13.4 Å². The molecule has 0 amide bonds.